The van der Waals surface area contributed by atoms with Crippen molar-refractivity contribution in [1.29, 1.82) is 0 Å². The second-order valence-corrected chi connectivity index (χ2v) is 5.68. The van der Waals surface area contributed by atoms with Crippen molar-refractivity contribution < 1.29 is 13.7 Å². The van der Waals surface area contributed by atoms with Crippen molar-refractivity contribution in [3.8, 4) is 0 Å². The van der Waals surface area contributed by atoms with Crippen LogP contribution < -0.4 is 0 Å². The average molecular weight is 360 g/mol. The lowest BCUT2D eigenvalue weighted by molar-refractivity contribution is -0.385. The van der Waals surface area contributed by atoms with E-state index in [9.17, 15) is 18.9 Å². The number of hydrogen-bond donors (Lipinski definition) is 0. The maximum absolute atomic E-state index is 13.5. The number of nitro groups is 1. The molecule has 104 valence electrons. The topological polar surface area (TPSA) is 43.1 Å². The third kappa shape index (κ3) is 3.34. The highest BCUT2D eigenvalue weighted by Crippen LogP contribution is 2.33. The molecular formula is C13H8BrF2NO2S. The van der Waals surface area contributed by atoms with Gasteiger partial charge in [0.15, 0.2) is 0 Å². The Morgan fingerprint density at radius 2 is 2.00 bits per heavy atom. The number of nitro benzene ring substituents is 1. The molecule has 0 aliphatic carbocycles. The van der Waals surface area contributed by atoms with Gasteiger partial charge in [0.05, 0.1) is 9.40 Å². The second-order valence-electron chi connectivity index (χ2n) is 3.87. The highest BCUT2D eigenvalue weighted by Gasteiger charge is 2.15. The Hall–Kier alpha value is -1.47. The van der Waals surface area contributed by atoms with Crippen LogP contribution in [0.15, 0.2) is 45.8 Å². The predicted molar refractivity (Wildman–Crippen MR) is 76.7 cm³/mol. The van der Waals surface area contributed by atoms with Crippen molar-refractivity contribution >= 4 is 33.4 Å². The van der Waals surface area contributed by atoms with Crippen molar-refractivity contribution in [2.75, 3.05) is 0 Å². The van der Waals surface area contributed by atoms with E-state index in [2.05, 4.69) is 15.9 Å². The molecule has 20 heavy (non-hydrogen) atoms. The van der Waals surface area contributed by atoms with E-state index < -0.39 is 16.6 Å². The van der Waals surface area contributed by atoms with E-state index in [4.69, 9.17) is 0 Å². The fraction of sp³-hybridized carbons (Fsp3) is 0.0769. The lowest BCUT2D eigenvalue weighted by atomic mass is 10.2. The number of rotatable bonds is 4. The van der Waals surface area contributed by atoms with E-state index in [-0.39, 0.29) is 5.69 Å². The normalized spacial score (nSPS) is 10.6. The minimum absolute atomic E-state index is 0.0392. The zero-order valence-corrected chi connectivity index (χ0v) is 12.4. The Morgan fingerprint density at radius 1 is 1.25 bits per heavy atom. The van der Waals surface area contributed by atoms with E-state index in [1.54, 1.807) is 12.1 Å². The highest BCUT2D eigenvalue weighted by molar-refractivity contribution is 9.10. The molecule has 0 N–H and O–H groups in total. The summed E-state index contributed by atoms with van der Waals surface area (Å²) in [7, 11) is 0. The molecule has 0 radical (unpaired) electrons. The van der Waals surface area contributed by atoms with Crippen molar-refractivity contribution in [1.82, 2.24) is 0 Å². The lowest BCUT2D eigenvalue weighted by Crippen LogP contribution is -1.93. The SMILES string of the molecule is O=[N+]([O-])c1cccc(CSc2ccc(F)cc2F)c1Br. The molecule has 0 saturated carbocycles. The molecular weight excluding hydrogens is 352 g/mol. The first-order valence-electron chi connectivity index (χ1n) is 5.48. The highest BCUT2D eigenvalue weighted by atomic mass is 79.9. The molecule has 0 spiro atoms. The predicted octanol–water partition coefficient (Wildman–Crippen LogP) is 4.93. The molecule has 2 aromatic rings. The minimum atomic E-state index is -0.642. The maximum Gasteiger partial charge on any atom is 0.283 e. The Balaban J connectivity index is 2.19. The summed E-state index contributed by atoms with van der Waals surface area (Å²) >= 11 is 4.33. The van der Waals surface area contributed by atoms with Crippen LogP contribution in [0.1, 0.15) is 5.56 Å². The van der Waals surface area contributed by atoms with Gasteiger partial charge in [0.1, 0.15) is 11.6 Å². The van der Waals surface area contributed by atoms with Gasteiger partial charge in [-0.3, -0.25) is 10.1 Å². The zero-order valence-electron chi connectivity index (χ0n) is 9.98. The van der Waals surface area contributed by atoms with Gasteiger partial charge in [-0.25, -0.2) is 8.78 Å². The van der Waals surface area contributed by atoms with Crippen LogP contribution in [0, 0.1) is 21.7 Å². The number of halogens is 3. The third-order valence-corrected chi connectivity index (χ3v) is 4.55. The number of benzene rings is 2. The molecule has 0 bridgehead atoms. The molecule has 0 aliphatic rings. The Bertz CT molecular complexity index is 667. The van der Waals surface area contributed by atoms with E-state index in [1.165, 1.54) is 18.2 Å². The molecule has 0 heterocycles. The fourth-order valence-corrected chi connectivity index (χ4v) is 3.21. The largest absolute Gasteiger partial charge is 0.283 e. The summed E-state index contributed by atoms with van der Waals surface area (Å²) in [5, 5.41) is 10.8. The summed E-state index contributed by atoms with van der Waals surface area (Å²) in [5.74, 6) is -0.940. The van der Waals surface area contributed by atoms with Gasteiger partial charge in [0.2, 0.25) is 0 Å². The molecule has 7 heteroatoms. The molecule has 0 unspecified atom stereocenters. The molecule has 2 rings (SSSR count). The number of thioether (sulfide) groups is 1. The van der Waals surface area contributed by atoms with Gasteiger partial charge in [0, 0.05) is 22.8 Å². The van der Waals surface area contributed by atoms with Crippen molar-refractivity contribution in [2.24, 2.45) is 0 Å². The van der Waals surface area contributed by atoms with Crippen molar-refractivity contribution in [3.05, 3.63) is 68.2 Å². The lowest BCUT2D eigenvalue weighted by Gasteiger charge is -2.06. The molecule has 0 aliphatic heterocycles. The quantitative estimate of drug-likeness (QED) is 0.441. The van der Waals surface area contributed by atoms with Gasteiger partial charge in [-0.05, 0) is 33.6 Å². The fourth-order valence-electron chi connectivity index (χ4n) is 1.57. The van der Waals surface area contributed by atoms with Gasteiger partial charge in [-0.15, -0.1) is 11.8 Å². The van der Waals surface area contributed by atoms with Gasteiger partial charge in [-0.2, -0.15) is 0 Å². The van der Waals surface area contributed by atoms with Gasteiger partial charge in [-0.1, -0.05) is 12.1 Å². The number of hydrogen-bond acceptors (Lipinski definition) is 3. The van der Waals surface area contributed by atoms with Gasteiger partial charge >= 0.3 is 0 Å². The van der Waals surface area contributed by atoms with Crippen molar-refractivity contribution in [2.45, 2.75) is 10.6 Å². The molecule has 2 aromatic carbocycles. The van der Waals surface area contributed by atoms with Gasteiger partial charge < -0.3 is 0 Å². The number of nitrogens with zero attached hydrogens (tertiary/aromatic N) is 1. The molecule has 0 aromatic heterocycles. The first-order chi connectivity index (χ1) is 9.49. The van der Waals surface area contributed by atoms with Crippen LogP contribution in [-0.2, 0) is 5.75 Å². The Labute approximate surface area is 126 Å². The zero-order chi connectivity index (χ0) is 14.7. The standard InChI is InChI=1S/C13H8BrF2NO2S/c14-13-8(2-1-3-11(13)17(18)19)7-20-12-5-4-9(15)6-10(12)16/h1-6H,7H2. The molecule has 0 amide bonds. The summed E-state index contributed by atoms with van der Waals surface area (Å²) in [4.78, 5) is 10.6. The van der Waals surface area contributed by atoms with E-state index in [1.807, 2.05) is 0 Å². The Kier molecular flexibility index (Phi) is 4.72. The molecule has 0 fully saturated rings. The minimum Gasteiger partial charge on any atom is -0.258 e. The smallest absolute Gasteiger partial charge is 0.258 e. The van der Waals surface area contributed by atoms with E-state index in [0.717, 1.165) is 17.8 Å². The molecule has 0 atom stereocenters. The van der Waals surface area contributed by atoms with Crippen molar-refractivity contribution in [3.63, 3.8) is 0 Å². The monoisotopic (exact) mass is 359 g/mol. The molecule has 0 saturated heterocycles. The summed E-state index contributed by atoms with van der Waals surface area (Å²) in [6, 6.07) is 8.00. The summed E-state index contributed by atoms with van der Waals surface area (Å²) < 4.78 is 26.6. The van der Waals surface area contributed by atoms with Crippen LogP contribution >= 0.6 is 27.7 Å². The Morgan fingerprint density at radius 3 is 2.65 bits per heavy atom. The summed E-state index contributed by atoms with van der Waals surface area (Å²) in [6.07, 6.45) is 0. The van der Waals surface area contributed by atoms with Gasteiger partial charge in [0.25, 0.3) is 5.69 Å². The van der Waals surface area contributed by atoms with E-state index >= 15 is 0 Å². The van der Waals surface area contributed by atoms with Crippen LogP contribution in [0.3, 0.4) is 0 Å². The van der Waals surface area contributed by atoms with Crippen LogP contribution in [0.25, 0.3) is 0 Å². The first kappa shape index (κ1) is 14.9. The molecule has 3 nitrogen and oxygen atoms in total. The average Bonchev–Trinajstić information content (AvgIpc) is 2.39. The maximum atomic E-state index is 13.5. The van der Waals surface area contributed by atoms with Crippen LogP contribution in [0.4, 0.5) is 14.5 Å². The summed E-state index contributed by atoms with van der Waals surface area (Å²) in [5.41, 5.74) is 0.635. The second kappa shape index (κ2) is 6.32. The summed E-state index contributed by atoms with van der Waals surface area (Å²) in [6.45, 7) is 0. The third-order valence-electron chi connectivity index (χ3n) is 2.53. The van der Waals surface area contributed by atoms with Crippen LogP contribution in [0.5, 0.6) is 0 Å². The van der Waals surface area contributed by atoms with E-state index in [0.29, 0.717) is 20.7 Å². The van der Waals surface area contributed by atoms with Crippen LogP contribution in [-0.4, -0.2) is 4.92 Å². The first-order valence-corrected chi connectivity index (χ1v) is 7.26. The van der Waals surface area contributed by atoms with Crippen LogP contribution in [0.2, 0.25) is 0 Å².